The SMILES string of the molecule is CCN(CC(=O)Nc1ccccc1OC)S(=O)(=O)c1cc(C)ccc1C. The molecule has 0 bridgehead atoms. The number of ether oxygens (including phenoxy) is 1. The van der Waals surface area contributed by atoms with Crippen molar-refractivity contribution in [2.24, 2.45) is 0 Å². The van der Waals surface area contributed by atoms with E-state index in [0.29, 0.717) is 17.0 Å². The lowest BCUT2D eigenvalue weighted by Crippen LogP contribution is -2.38. The monoisotopic (exact) mass is 376 g/mol. The van der Waals surface area contributed by atoms with Gasteiger partial charge < -0.3 is 10.1 Å². The Kier molecular flexibility index (Phi) is 6.39. The van der Waals surface area contributed by atoms with Gasteiger partial charge >= 0.3 is 0 Å². The summed E-state index contributed by atoms with van der Waals surface area (Å²) in [5.74, 6) is 0.0894. The number of carbonyl (C=O) groups excluding carboxylic acids is 1. The van der Waals surface area contributed by atoms with Crippen molar-refractivity contribution < 1.29 is 17.9 Å². The number of carbonyl (C=O) groups is 1. The van der Waals surface area contributed by atoms with Crippen LogP contribution in [0.4, 0.5) is 5.69 Å². The predicted molar refractivity (Wildman–Crippen MR) is 102 cm³/mol. The van der Waals surface area contributed by atoms with Gasteiger partial charge in [-0.3, -0.25) is 4.79 Å². The van der Waals surface area contributed by atoms with Gasteiger partial charge in [-0.15, -0.1) is 0 Å². The smallest absolute Gasteiger partial charge is 0.243 e. The fourth-order valence-corrected chi connectivity index (χ4v) is 4.30. The number of para-hydroxylation sites is 2. The fourth-order valence-electron chi connectivity index (χ4n) is 2.59. The molecular formula is C19H24N2O4S. The summed E-state index contributed by atoms with van der Waals surface area (Å²) in [6.07, 6.45) is 0. The van der Waals surface area contributed by atoms with E-state index in [1.807, 2.05) is 13.0 Å². The van der Waals surface area contributed by atoms with Crippen LogP contribution in [0.15, 0.2) is 47.4 Å². The van der Waals surface area contributed by atoms with Crippen molar-refractivity contribution in [1.29, 1.82) is 0 Å². The molecule has 0 unspecified atom stereocenters. The van der Waals surface area contributed by atoms with E-state index in [1.54, 1.807) is 50.2 Å². The molecule has 0 aliphatic heterocycles. The van der Waals surface area contributed by atoms with E-state index in [4.69, 9.17) is 4.74 Å². The molecule has 0 radical (unpaired) electrons. The molecule has 0 spiro atoms. The van der Waals surface area contributed by atoms with E-state index in [0.717, 1.165) is 5.56 Å². The molecule has 2 rings (SSSR count). The minimum atomic E-state index is -3.77. The number of nitrogens with one attached hydrogen (secondary N) is 1. The van der Waals surface area contributed by atoms with Gasteiger partial charge in [0.15, 0.2) is 0 Å². The second-order valence-corrected chi connectivity index (χ2v) is 7.85. The van der Waals surface area contributed by atoms with Crippen LogP contribution in [0.2, 0.25) is 0 Å². The summed E-state index contributed by atoms with van der Waals surface area (Å²) in [5, 5.41) is 2.71. The third-order valence-corrected chi connectivity index (χ3v) is 6.08. The van der Waals surface area contributed by atoms with E-state index < -0.39 is 15.9 Å². The molecule has 0 atom stereocenters. The first kappa shape index (κ1) is 19.9. The van der Waals surface area contributed by atoms with Crippen LogP contribution in [-0.4, -0.2) is 38.8 Å². The number of anilines is 1. The van der Waals surface area contributed by atoms with Gasteiger partial charge in [0, 0.05) is 6.54 Å². The molecule has 140 valence electrons. The Morgan fingerprint density at radius 1 is 1.15 bits per heavy atom. The molecule has 0 aliphatic rings. The number of benzene rings is 2. The average molecular weight is 376 g/mol. The van der Waals surface area contributed by atoms with Crippen molar-refractivity contribution >= 4 is 21.6 Å². The van der Waals surface area contributed by atoms with Crippen molar-refractivity contribution in [3.63, 3.8) is 0 Å². The third-order valence-electron chi connectivity index (χ3n) is 4.02. The van der Waals surface area contributed by atoms with Crippen molar-refractivity contribution in [1.82, 2.24) is 4.31 Å². The highest BCUT2D eigenvalue weighted by atomic mass is 32.2. The topological polar surface area (TPSA) is 75.7 Å². The zero-order valence-corrected chi connectivity index (χ0v) is 16.3. The van der Waals surface area contributed by atoms with Crippen LogP contribution < -0.4 is 10.1 Å². The Morgan fingerprint density at radius 2 is 1.85 bits per heavy atom. The lowest BCUT2D eigenvalue weighted by atomic mass is 10.2. The molecule has 2 aromatic carbocycles. The minimum absolute atomic E-state index is 0.190. The first-order valence-corrected chi connectivity index (χ1v) is 9.74. The summed E-state index contributed by atoms with van der Waals surface area (Å²) in [6.45, 7) is 5.20. The summed E-state index contributed by atoms with van der Waals surface area (Å²) in [7, 11) is -2.26. The van der Waals surface area contributed by atoms with Gasteiger partial charge in [-0.25, -0.2) is 8.42 Å². The Bertz CT molecular complexity index is 894. The Hall–Kier alpha value is -2.38. The highest BCUT2D eigenvalue weighted by Crippen LogP contribution is 2.24. The van der Waals surface area contributed by atoms with E-state index >= 15 is 0 Å². The molecule has 26 heavy (non-hydrogen) atoms. The highest BCUT2D eigenvalue weighted by molar-refractivity contribution is 7.89. The second-order valence-electron chi connectivity index (χ2n) is 5.95. The summed E-state index contributed by atoms with van der Waals surface area (Å²) >= 11 is 0. The van der Waals surface area contributed by atoms with E-state index in [-0.39, 0.29) is 18.0 Å². The van der Waals surface area contributed by atoms with Gasteiger partial charge in [0.1, 0.15) is 5.75 Å². The maximum Gasteiger partial charge on any atom is 0.243 e. The van der Waals surface area contributed by atoms with Crippen molar-refractivity contribution in [2.75, 3.05) is 25.5 Å². The molecule has 0 aromatic heterocycles. The average Bonchev–Trinajstić information content (AvgIpc) is 2.61. The maximum atomic E-state index is 13.0. The Labute approximate surface area is 154 Å². The van der Waals surface area contributed by atoms with Gasteiger partial charge in [0.05, 0.1) is 24.2 Å². The van der Waals surface area contributed by atoms with Crippen LogP contribution in [0, 0.1) is 13.8 Å². The molecule has 0 fully saturated rings. The van der Waals surface area contributed by atoms with Gasteiger partial charge in [-0.1, -0.05) is 31.2 Å². The van der Waals surface area contributed by atoms with Crippen LogP contribution >= 0.6 is 0 Å². The number of hydrogen-bond acceptors (Lipinski definition) is 4. The molecule has 0 heterocycles. The Balaban J connectivity index is 2.22. The number of hydrogen-bond donors (Lipinski definition) is 1. The predicted octanol–water partition coefficient (Wildman–Crippen LogP) is 2.96. The number of aryl methyl sites for hydroxylation is 2. The van der Waals surface area contributed by atoms with Gasteiger partial charge in [-0.05, 0) is 43.2 Å². The van der Waals surface area contributed by atoms with Crippen molar-refractivity contribution in [2.45, 2.75) is 25.7 Å². The zero-order chi connectivity index (χ0) is 19.3. The first-order chi connectivity index (χ1) is 12.3. The van der Waals surface area contributed by atoms with Crippen molar-refractivity contribution in [3.05, 3.63) is 53.6 Å². The first-order valence-electron chi connectivity index (χ1n) is 8.30. The number of likely N-dealkylation sites (N-methyl/N-ethyl adjacent to an activating group) is 1. The van der Waals surface area contributed by atoms with E-state index in [2.05, 4.69) is 5.32 Å². The highest BCUT2D eigenvalue weighted by Gasteiger charge is 2.27. The summed E-state index contributed by atoms with van der Waals surface area (Å²) in [4.78, 5) is 12.6. The minimum Gasteiger partial charge on any atom is -0.495 e. The molecule has 0 aliphatic carbocycles. The number of sulfonamides is 1. The van der Waals surface area contributed by atoms with Crippen LogP contribution in [-0.2, 0) is 14.8 Å². The summed E-state index contributed by atoms with van der Waals surface area (Å²) < 4.78 is 32.3. The van der Waals surface area contributed by atoms with Crippen LogP contribution in [0.25, 0.3) is 0 Å². The van der Waals surface area contributed by atoms with E-state index in [1.165, 1.54) is 11.4 Å². The van der Waals surface area contributed by atoms with Crippen LogP contribution in [0.5, 0.6) is 5.75 Å². The number of methoxy groups -OCH3 is 1. The molecule has 0 saturated heterocycles. The van der Waals surface area contributed by atoms with Crippen LogP contribution in [0.1, 0.15) is 18.1 Å². The summed E-state index contributed by atoms with van der Waals surface area (Å²) in [5.41, 5.74) is 2.00. The molecule has 2 aromatic rings. The lowest BCUT2D eigenvalue weighted by molar-refractivity contribution is -0.116. The number of nitrogens with zero attached hydrogens (tertiary/aromatic N) is 1. The van der Waals surface area contributed by atoms with E-state index in [9.17, 15) is 13.2 Å². The lowest BCUT2D eigenvalue weighted by Gasteiger charge is -2.21. The Morgan fingerprint density at radius 3 is 2.50 bits per heavy atom. The second kappa shape index (κ2) is 8.33. The number of rotatable bonds is 7. The maximum absolute atomic E-state index is 13.0. The molecule has 1 N–H and O–H groups in total. The molecule has 1 amide bonds. The summed E-state index contributed by atoms with van der Waals surface area (Å²) in [6, 6.07) is 12.2. The van der Waals surface area contributed by atoms with Gasteiger partial charge in [0.25, 0.3) is 0 Å². The fraction of sp³-hybridized carbons (Fsp3) is 0.316. The standard InChI is InChI=1S/C19H24N2O4S/c1-5-21(26(23,24)18-12-14(2)10-11-15(18)3)13-19(22)20-16-8-6-7-9-17(16)25-4/h6-12H,5,13H2,1-4H3,(H,20,22). The van der Waals surface area contributed by atoms with Crippen molar-refractivity contribution in [3.8, 4) is 5.75 Å². The van der Waals surface area contributed by atoms with Gasteiger partial charge in [0.2, 0.25) is 15.9 Å². The molecule has 0 saturated carbocycles. The molecule has 6 nitrogen and oxygen atoms in total. The molecule has 7 heteroatoms. The quantitative estimate of drug-likeness (QED) is 0.806. The zero-order valence-electron chi connectivity index (χ0n) is 15.4. The van der Waals surface area contributed by atoms with Crippen LogP contribution in [0.3, 0.4) is 0 Å². The van der Waals surface area contributed by atoms with Gasteiger partial charge in [-0.2, -0.15) is 4.31 Å². The number of amides is 1. The largest absolute Gasteiger partial charge is 0.495 e. The molecular weight excluding hydrogens is 352 g/mol. The third kappa shape index (κ3) is 4.42. The normalized spacial score (nSPS) is 11.4.